The van der Waals surface area contributed by atoms with Crippen molar-refractivity contribution in [3.8, 4) is 11.5 Å². The van der Waals surface area contributed by atoms with Crippen molar-refractivity contribution < 1.29 is 18.3 Å². The van der Waals surface area contributed by atoms with Crippen molar-refractivity contribution in [2.24, 2.45) is 0 Å². The van der Waals surface area contributed by atoms with Crippen molar-refractivity contribution in [2.75, 3.05) is 11.4 Å². The molecule has 5 aromatic rings. The lowest BCUT2D eigenvalue weighted by molar-refractivity contribution is 0.282. The summed E-state index contributed by atoms with van der Waals surface area (Å²) in [7, 11) is 0. The molecule has 0 radical (unpaired) electrons. The molecule has 1 fully saturated rings. The molecule has 0 bridgehead atoms. The quantitative estimate of drug-likeness (QED) is 0.432. The third-order valence-corrected chi connectivity index (χ3v) is 6.08. The Labute approximate surface area is 186 Å². The van der Waals surface area contributed by atoms with E-state index < -0.39 is 11.6 Å². The normalized spacial score (nSPS) is 16.3. The van der Waals surface area contributed by atoms with Crippen LogP contribution in [0, 0.1) is 11.6 Å². The Morgan fingerprint density at radius 1 is 1.09 bits per heavy atom. The minimum absolute atomic E-state index is 0.0868. The third-order valence-electron chi connectivity index (χ3n) is 6.08. The van der Waals surface area contributed by atoms with Crippen LogP contribution in [0.4, 0.5) is 14.6 Å². The lowest BCUT2D eigenvalue weighted by Gasteiger charge is -2.26. The summed E-state index contributed by atoms with van der Waals surface area (Å²) in [6.07, 6.45) is 4.97. The molecular formula is C24H19F2N5O2. The van der Waals surface area contributed by atoms with E-state index in [1.165, 1.54) is 12.1 Å². The van der Waals surface area contributed by atoms with Gasteiger partial charge in [-0.15, -0.1) is 0 Å². The first kappa shape index (κ1) is 19.8. The van der Waals surface area contributed by atoms with Gasteiger partial charge in [-0.3, -0.25) is 0 Å². The standard InChI is InChI=1S/C24H19F2N5O2/c25-15-4-5-18(26)16(11-15)20-2-1-8-30(20)22-7-9-31-23(29-22)17(12-27-31)24-28-19-6-3-14(13-32)10-21(19)33-24/h3-7,9-12,20,32H,1-2,8,13H2/t20-/m1/s1. The van der Waals surface area contributed by atoms with Crippen LogP contribution in [0.3, 0.4) is 0 Å². The summed E-state index contributed by atoms with van der Waals surface area (Å²) in [5.74, 6) is 0.135. The summed E-state index contributed by atoms with van der Waals surface area (Å²) in [4.78, 5) is 11.3. The van der Waals surface area contributed by atoms with Gasteiger partial charge in [-0.05, 0) is 54.8 Å². The van der Waals surface area contributed by atoms with E-state index in [-0.39, 0.29) is 12.6 Å². The number of anilines is 1. The van der Waals surface area contributed by atoms with E-state index in [0.29, 0.717) is 52.5 Å². The number of aliphatic hydroxyl groups is 1. The van der Waals surface area contributed by atoms with Crippen LogP contribution in [-0.4, -0.2) is 31.2 Å². The second kappa shape index (κ2) is 7.63. The molecule has 0 unspecified atom stereocenters. The van der Waals surface area contributed by atoms with Gasteiger partial charge in [0, 0.05) is 18.3 Å². The molecule has 4 heterocycles. The summed E-state index contributed by atoms with van der Waals surface area (Å²) in [5.41, 5.74) is 3.46. The molecule has 1 aliphatic heterocycles. The zero-order chi connectivity index (χ0) is 22.5. The van der Waals surface area contributed by atoms with Crippen LogP contribution in [0.25, 0.3) is 28.2 Å². The molecule has 9 heteroatoms. The van der Waals surface area contributed by atoms with Crippen LogP contribution in [-0.2, 0) is 6.61 Å². The Morgan fingerprint density at radius 2 is 2.00 bits per heavy atom. The molecule has 0 saturated carbocycles. The topological polar surface area (TPSA) is 79.7 Å². The van der Waals surface area contributed by atoms with Crippen LogP contribution in [0.15, 0.2) is 59.3 Å². The zero-order valence-corrected chi connectivity index (χ0v) is 17.4. The molecule has 0 spiro atoms. The van der Waals surface area contributed by atoms with Gasteiger partial charge in [0.25, 0.3) is 0 Å². The maximum absolute atomic E-state index is 14.5. The van der Waals surface area contributed by atoms with Crippen molar-refractivity contribution in [1.82, 2.24) is 19.6 Å². The number of oxazole rings is 1. The Bertz CT molecular complexity index is 1500. The molecule has 1 saturated heterocycles. The van der Waals surface area contributed by atoms with Gasteiger partial charge in [0.2, 0.25) is 5.89 Å². The Kier molecular flexibility index (Phi) is 4.58. The summed E-state index contributed by atoms with van der Waals surface area (Å²) in [6.45, 7) is 0.594. The maximum Gasteiger partial charge on any atom is 0.232 e. The number of aliphatic hydroxyl groups excluding tert-OH is 1. The molecule has 3 aromatic heterocycles. The van der Waals surface area contributed by atoms with Crippen molar-refractivity contribution in [2.45, 2.75) is 25.5 Å². The van der Waals surface area contributed by atoms with Gasteiger partial charge in [0.15, 0.2) is 11.2 Å². The molecule has 0 aliphatic carbocycles. The van der Waals surface area contributed by atoms with Gasteiger partial charge in [-0.2, -0.15) is 5.10 Å². The fraction of sp³-hybridized carbons (Fsp3) is 0.208. The number of hydrogen-bond acceptors (Lipinski definition) is 6. The third kappa shape index (κ3) is 3.32. The van der Waals surface area contributed by atoms with Crippen LogP contribution < -0.4 is 4.90 Å². The minimum Gasteiger partial charge on any atom is -0.436 e. The predicted molar refractivity (Wildman–Crippen MR) is 118 cm³/mol. The summed E-state index contributed by atoms with van der Waals surface area (Å²) < 4.78 is 35.9. The van der Waals surface area contributed by atoms with Gasteiger partial charge in [-0.25, -0.2) is 23.3 Å². The van der Waals surface area contributed by atoms with Crippen molar-refractivity contribution >= 4 is 22.6 Å². The number of rotatable bonds is 4. The number of halogens is 2. The monoisotopic (exact) mass is 447 g/mol. The summed E-state index contributed by atoms with van der Waals surface area (Å²) in [5, 5.41) is 13.7. The van der Waals surface area contributed by atoms with E-state index in [0.717, 1.165) is 18.1 Å². The van der Waals surface area contributed by atoms with Crippen molar-refractivity contribution in [1.29, 1.82) is 0 Å². The molecule has 1 atom stereocenters. The number of aromatic nitrogens is 4. The highest BCUT2D eigenvalue weighted by Gasteiger charge is 2.30. The second-order valence-corrected chi connectivity index (χ2v) is 8.11. The smallest absolute Gasteiger partial charge is 0.232 e. The summed E-state index contributed by atoms with van der Waals surface area (Å²) >= 11 is 0. The van der Waals surface area contributed by atoms with Crippen LogP contribution in [0.2, 0.25) is 0 Å². The first-order chi connectivity index (χ1) is 16.1. The average Bonchev–Trinajstić information content (AvgIpc) is 3.57. The fourth-order valence-corrected chi connectivity index (χ4v) is 4.49. The van der Waals surface area contributed by atoms with Gasteiger partial charge >= 0.3 is 0 Å². The Hall–Kier alpha value is -3.85. The molecule has 0 amide bonds. The van der Waals surface area contributed by atoms with Gasteiger partial charge in [0.1, 0.15) is 28.5 Å². The fourth-order valence-electron chi connectivity index (χ4n) is 4.49. The van der Waals surface area contributed by atoms with Crippen molar-refractivity contribution in [3.63, 3.8) is 0 Å². The Balaban J connectivity index is 1.42. The molecule has 33 heavy (non-hydrogen) atoms. The second-order valence-electron chi connectivity index (χ2n) is 8.11. The van der Waals surface area contributed by atoms with Crippen LogP contribution >= 0.6 is 0 Å². The molecule has 7 nitrogen and oxygen atoms in total. The highest BCUT2D eigenvalue weighted by molar-refractivity contribution is 5.80. The largest absolute Gasteiger partial charge is 0.436 e. The number of fused-ring (bicyclic) bond motifs is 2. The average molecular weight is 447 g/mol. The van der Waals surface area contributed by atoms with Crippen LogP contribution in [0.1, 0.15) is 30.0 Å². The van der Waals surface area contributed by atoms with E-state index in [1.807, 2.05) is 11.0 Å². The van der Waals surface area contributed by atoms with Gasteiger partial charge < -0.3 is 14.4 Å². The predicted octanol–water partition coefficient (Wildman–Crippen LogP) is 4.65. The van der Waals surface area contributed by atoms with E-state index in [1.54, 1.807) is 35.1 Å². The van der Waals surface area contributed by atoms with Crippen LogP contribution in [0.5, 0.6) is 0 Å². The molecular weight excluding hydrogens is 428 g/mol. The highest BCUT2D eigenvalue weighted by atomic mass is 19.1. The van der Waals surface area contributed by atoms with E-state index >= 15 is 0 Å². The lowest BCUT2D eigenvalue weighted by atomic mass is 10.0. The highest BCUT2D eigenvalue weighted by Crippen LogP contribution is 2.37. The molecule has 166 valence electrons. The molecule has 1 N–H and O–H groups in total. The SMILES string of the molecule is OCc1ccc2nc(-c3cnn4ccc(N5CCC[C@@H]5c5cc(F)ccc5F)nc34)oc2c1. The minimum atomic E-state index is -0.458. The van der Waals surface area contributed by atoms with E-state index in [9.17, 15) is 13.9 Å². The Morgan fingerprint density at radius 3 is 2.88 bits per heavy atom. The number of benzene rings is 2. The zero-order valence-electron chi connectivity index (χ0n) is 17.4. The van der Waals surface area contributed by atoms with Crippen molar-refractivity contribution in [3.05, 3.63) is 77.6 Å². The van der Waals surface area contributed by atoms with E-state index in [2.05, 4.69) is 10.1 Å². The van der Waals surface area contributed by atoms with Gasteiger partial charge in [-0.1, -0.05) is 6.07 Å². The number of nitrogens with zero attached hydrogens (tertiary/aromatic N) is 5. The summed E-state index contributed by atoms with van der Waals surface area (Å²) in [6, 6.07) is 10.4. The maximum atomic E-state index is 14.5. The molecule has 6 rings (SSSR count). The molecule has 2 aromatic carbocycles. The molecule has 1 aliphatic rings. The van der Waals surface area contributed by atoms with E-state index in [4.69, 9.17) is 9.40 Å². The number of hydrogen-bond donors (Lipinski definition) is 1. The lowest BCUT2D eigenvalue weighted by Crippen LogP contribution is -2.24. The van der Waals surface area contributed by atoms with Gasteiger partial charge in [0.05, 0.1) is 18.8 Å². The first-order valence-corrected chi connectivity index (χ1v) is 10.7. The first-order valence-electron chi connectivity index (χ1n) is 10.7.